The van der Waals surface area contributed by atoms with Crippen LogP contribution in [0.2, 0.25) is 26.6 Å². The molecule has 1 aromatic carbocycles. The number of rotatable bonds is 24. The van der Waals surface area contributed by atoms with Gasteiger partial charge in [0.2, 0.25) is 0 Å². The van der Waals surface area contributed by atoms with Crippen molar-refractivity contribution in [2.75, 3.05) is 6.54 Å². The topological polar surface area (TPSA) is 46.2 Å². The molecule has 0 unspecified atom stereocenters. The number of benzene rings is 1. The van der Waals surface area contributed by atoms with Crippen molar-refractivity contribution in [1.29, 1.82) is 0 Å². The number of unbranched alkanes of at least 4 members (excludes halogenated alkanes) is 6. The van der Waals surface area contributed by atoms with Gasteiger partial charge in [-0.3, -0.25) is 0 Å². The van der Waals surface area contributed by atoms with Crippen LogP contribution in [0.1, 0.15) is 124 Å². The minimum absolute atomic E-state index is 0.409. The van der Waals surface area contributed by atoms with Gasteiger partial charge in [-0.1, -0.05) is 0 Å². The van der Waals surface area contributed by atoms with Crippen LogP contribution in [0, 0.1) is 6.92 Å². The molecule has 0 radical (unpaired) electrons. The molecule has 1 aromatic rings. The molecule has 0 heterocycles. The molecule has 0 atom stereocenters. The fourth-order valence-electron chi connectivity index (χ4n) is 6.31. The molecule has 40 heavy (non-hydrogen) atoms. The fourth-order valence-corrected chi connectivity index (χ4v) is 50.2. The minimum atomic E-state index is -3.53. The summed E-state index contributed by atoms with van der Waals surface area (Å²) in [5, 5.41) is 0. The molecule has 0 aromatic heterocycles. The Bertz CT molecular complexity index is 884. The van der Waals surface area contributed by atoms with Gasteiger partial charge in [-0.2, -0.15) is 0 Å². The number of nitrogens with one attached hydrogen (secondary N) is 1. The van der Waals surface area contributed by atoms with E-state index in [1.165, 1.54) is 104 Å². The molecule has 0 fully saturated rings. The Morgan fingerprint density at radius 1 is 0.650 bits per heavy atom. The molecule has 0 spiro atoms. The van der Waals surface area contributed by atoms with Crippen LogP contribution in [0.4, 0.5) is 0 Å². The van der Waals surface area contributed by atoms with Gasteiger partial charge in [-0.05, 0) is 0 Å². The van der Waals surface area contributed by atoms with E-state index in [0.717, 1.165) is 5.56 Å². The van der Waals surface area contributed by atoms with Gasteiger partial charge in [-0.25, -0.2) is 0 Å². The molecule has 1 N–H and O–H groups in total. The van der Waals surface area contributed by atoms with E-state index < -0.39 is 46.8 Å². The fraction of sp³-hybridized carbons (Fsp3) is 0.765. The van der Waals surface area contributed by atoms with Crippen molar-refractivity contribution in [3.8, 4) is 0 Å². The zero-order valence-electron chi connectivity index (χ0n) is 27.5. The molecule has 0 saturated carbocycles. The van der Waals surface area contributed by atoms with Gasteiger partial charge in [0.25, 0.3) is 0 Å². The first kappa shape index (κ1) is 38.5. The first-order valence-electron chi connectivity index (χ1n) is 17.0. The third-order valence-electron chi connectivity index (χ3n) is 9.06. The van der Waals surface area contributed by atoms with Crippen molar-refractivity contribution in [2.45, 2.75) is 157 Å². The molecule has 0 saturated heterocycles. The SMILES string of the molecule is CCC[CH2][Sn](/[CH]=[C](/CNS(=O)(=O)c1ccc(C)cc1)[Sn]([CH2]CCC)([CH2]CCC)[CH2]CCC)([CH2]CCC)[CH2]CCC. The predicted octanol–water partition coefficient (Wildman–Crippen LogP) is 11.0. The van der Waals surface area contributed by atoms with E-state index in [2.05, 4.69) is 50.4 Å². The van der Waals surface area contributed by atoms with Crippen LogP contribution >= 0.6 is 0 Å². The van der Waals surface area contributed by atoms with Gasteiger partial charge < -0.3 is 0 Å². The van der Waals surface area contributed by atoms with Crippen molar-refractivity contribution in [3.63, 3.8) is 0 Å². The van der Waals surface area contributed by atoms with Gasteiger partial charge >= 0.3 is 261 Å². The molecular weight excluding hydrogens is 724 g/mol. The second-order valence-corrected chi connectivity index (χ2v) is 40.6. The van der Waals surface area contributed by atoms with Crippen molar-refractivity contribution in [1.82, 2.24) is 4.72 Å². The normalized spacial score (nSPS) is 13.2. The Morgan fingerprint density at radius 3 is 1.40 bits per heavy atom. The van der Waals surface area contributed by atoms with Crippen LogP contribution in [-0.4, -0.2) is 51.7 Å². The summed E-state index contributed by atoms with van der Waals surface area (Å²) in [6, 6.07) is 7.38. The third-order valence-corrected chi connectivity index (χ3v) is 43.1. The first-order chi connectivity index (χ1) is 19.2. The summed E-state index contributed by atoms with van der Waals surface area (Å²) in [5.74, 6) is 0. The van der Waals surface area contributed by atoms with Gasteiger partial charge in [0, 0.05) is 0 Å². The summed E-state index contributed by atoms with van der Waals surface area (Å²) in [6.45, 7) is 16.7. The number of hydrogen-bond acceptors (Lipinski definition) is 2. The average Bonchev–Trinajstić information content (AvgIpc) is 2.96. The van der Waals surface area contributed by atoms with Crippen LogP contribution in [0.25, 0.3) is 0 Å². The zero-order valence-corrected chi connectivity index (χ0v) is 34.1. The molecular formula is C34H65NO2SSn2. The Balaban J connectivity index is 3.77. The molecule has 0 bridgehead atoms. The first-order valence-corrected chi connectivity index (χ1v) is 33.6. The Hall–Kier alpha value is 0.467. The van der Waals surface area contributed by atoms with Gasteiger partial charge in [0.05, 0.1) is 0 Å². The van der Waals surface area contributed by atoms with Crippen molar-refractivity contribution in [2.24, 2.45) is 0 Å². The van der Waals surface area contributed by atoms with Gasteiger partial charge in [0.15, 0.2) is 0 Å². The molecule has 0 aliphatic carbocycles. The summed E-state index contributed by atoms with van der Waals surface area (Å²) in [4.78, 5) is 0.409. The zero-order chi connectivity index (χ0) is 29.9. The summed E-state index contributed by atoms with van der Waals surface area (Å²) < 4.78 is 43.7. The number of hydrogen-bond donors (Lipinski definition) is 1. The maximum absolute atomic E-state index is 13.6. The second-order valence-electron chi connectivity index (χ2n) is 12.6. The number of aryl methyl sites for hydroxylation is 1. The summed E-state index contributed by atoms with van der Waals surface area (Å²) in [7, 11) is -3.53. The van der Waals surface area contributed by atoms with Crippen molar-refractivity contribution < 1.29 is 8.42 Å². The van der Waals surface area contributed by atoms with Crippen LogP contribution in [-0.2, 0) is 10.0 Å². The Kier molecular flexibility index (Phi) is 20.4. The molecule has 0 aliphatic rings. The van der Waals surface area contributed by atoms with Crippen LogP contribution in [0.15, 0.2) is 36.8 Å². The van der Waals surface area contributed by atoms with E-state index >= 15 is 0 Å². The van der Waals surface area contributed by atoms with E-state index in [1.54, 1.807) is 15.7 Å². The summed E-state index contributed by atoms with van der Waals surface area (Å²) >= 11 is -5.48. The molecule has 232 valence electrons. The monoisotopic (exact) mass is 791 g/mol. The number of sulfonamides is 1. The molecule has 0 aliphatic heterocycles. The van der Waals surface area contributed by atoms with Gasteiger partial charge in [0.1, 0.15) is 0 Å². The average molecular weight is 789 g/mol. The second kappa shape index (κ2) is 21.2. The van der Waals surface area contributed by atoms with Crippen LogP contribution in [0.5, 0.6) is 0 Å². The molecule has 6 heteroatoms. The van der Waals surface area contributed by atoms with E-state index in [-0.39, 0.29) is 0 Å². The molecule has 1 rings (SSSR count). The van der Waals surface area contributed by atoms with Crippen LogP contribution in [0.3, 0.4) is 0 Å². The van der Waals surface area contributed by atoms with E-state index in [9.17, 15) is 8.42 Å². The van der Waals surface area contributed by atoms with Gasteiger partial charge in [-0.15, -0.1) is 0 Å². The maximum atomic E-state index is 13.6. The quantitative estimate of drug-likeness (QED) is 0.106. The van der Waals surface area contributed by atoms with E-state index in [0.29, 0.717) is 11.4 Å². The van der Waals surface area contributed by atoms with E-state index in [4.69, 9.17) is 0 Å². The summed E-state index contributed by atoms with van der Waals surface area (Å²) in [6.07, 6.45) is 15.5. The Labute approximate surface area is 259 Å². The van der Waals surface area contributed by atoms with Crippen LogP contribution < -0.4 is 4.72 Å². The summed E-state index contributed by atoms with van der Waals surface area (Å²) in [5.41, 5.74) is 1.09. The standard InChI is InChI=1S/C10H11NO2S.6C4H9.2Sn/c1-3-8-11-14(12,13)10-6-4-9(2)5-7-10;6*1-3-4-2;;/h1,4-7,11H,8H2,2H3;6*1,3-4H2,2H3;;. The predicted molar refractivity (Wildman–Crippen MR) is 184 cm³/mol. The molecule has 0 amide bonds. The third kappa shape index (κ3) is 13.4. The van der Waals surface area contributed by atoms with Crippen molar-refractivity contribution >= 4 is 46.8 Å². The van der Waals surface area contributed by atoms with Crippen molar-refractivity contribution in [3.05, 3.63) is 37.5 Å². The van der Waals surface area contributed by atoms with E-state index in [1.807, 2.05) is 19.1 Å². The molecule has 3 nitrogen and oxygen atoms in total. The Morgan fingerprint density at radius 2 is 1.02 bits per heavy atom.